The van der Waals surface area contributed by atoms with Gasteiger partial charge in [-0.05, 0) is 42.3 Å². The van der Waals surface area contributed by atoms with Gasteiger partial charge in [0.25, 0.3) is 0 Å². The third kappa shape index (κ3) is 2.25. The van der Waals surface area contributed by atoms with Crippen LogP contribution in [0.1, 0.15) is 19.4 Å². The lowest BCUT2D eigenvalue weighted by molar-refractivity contribution is 0.631. The van der Waals surface area contributed by atoms with Crippen LogP contribution >= 0.6 is 0 Å². The molecule has 0 aliphatic rings. The molecule has 0 aliphatic heterocycles. The highest BCUT2D eigenvalue weighted by Crippen LogP contribution is 2.20. The summed E-state index contributed by atoms with van der Waals surface area (Å²) in [5, 5.41) is 11.6. The van der Waals surface area contributed by atoms with Gasteiger partial charge in [-0.1, -0.05) is 30.3 Å². The molecule has 87 valence electrons. The Labute approximate surface area is 101 Å². The fraction of sp³-hybridized carbons (Fsp3) is 0.231. The molecule has 0 bridgehead atoms. The van der Waals surface area contributed by atoms with Crippen LogP contribution in [-0.4, -0.2) is 20.2 Å². The van der Waals surface area contributed by atoms with Crippen LogP contribution in [0.25, 0.3) is 17.0 Å². The Morgan fingerprint density at radius 2 is 2.06 bits per heavy atom. The topological polar surface area (TPSA) is 43.6 Å². The first-order valence-electron chi connectivity index (χ1n) is 5.59. The Kier molecular flexibility index (Phi) is 3.32. The fourth-order valence-electron chi connectivity index (χ4n) is 1.62. The summed E-state index contributed by atoms with van der Waals surface area (Å²) in [6, 6.07) is 8.17. The van der Waals surface area contributed by atoms with E-state index in [9.17, 15) is 0 Å². The van der Waals surface area contributed by atoms with Gasteiger partial charge in [-0.25, -0.2) is 4.68 Å². The second kappa shape index (κ2) is 4.91. The van der Waals surface area contributed by atoms with Crippen molar-refractivity contribution in [2.45, 2.75) is 20.4 Å². The minimum absolute atomic E-state index is 0.766. The molecule has 1 heterocycles. The van der Waals surface area contributed by atoms with Crippen LogP contribution in [0.2, 0.25) is 0 Å². The molecule has 0 aliphatic carbocycles. The molecular weight excluding hydrogens is 212 g/mol. The summed E-state index contributed by atoms with van der Waals surface area (Å²) in [5.41, 5.74) is 3.35. The van der Waals surface area contributed by atoms with E-state index in [1.165, 1.54) is 5.56 Å². The second-order valence-corrected chi connectivity index (χ2v) is 3.78. The standard InChI is InChI=1S/C13H15N4/c1-4-10(3)11-6-8-12(9-7-11)13-14-15-16-17(13)5-2/h4,6-9H,1,5H2,2-3H3. The summed E-state index contributed by atoms with van der Waals surface area (Å²) in [6.45, 7) is 8.59. The van der Waals surface area contributed by atoms with Crippen molar-refractivity contribution >= 4 is 5.57 Å². The van der Waals surface area contributed by atoms with Gasteiger partial charge in [0.1, 0.15) is 0 Å². The van der Waals surface area contributed by atoms with Gasteiger partial charge in [0, 0.05) is 12.1 Å². The summed E-state index contributed by atoms with van der Waals surface area (Å²) >= 11 is 0. The minimum Gasteiger partial charge on any atom is -0.226 e. The van der Waals surface area contributed by atoms with Crippen LogP contribution in [0.3, 0.4) is 0 Å². The van der Waals surface area contributed by atoms with E-state index in [0.717, 1.165) is 23.5 Å². The van der Waals surface area contributed by atoms with E-state index in [0.29, 0.717) is 0 Å². The van der Waals surface area contributed by atoms with Gasteiger partial charge in [0.05, 0.1) is 0 Å². The number of tetrazole rings is 1. The number of aryl methyl sites for hydroxylation is 1. The maximum atomic E-state index is 4.03. The number of allylic oxidation sites excluding steroid dienone is 2. The molecule has 1 aromatic carbocycles. The zero-order valence-electron chi connectivity index (χ0n) is 10.1. The molecule has 1 radical (unpaired) electrons. The highest BCUT2D eigenvalue weighted by Gasteiger charge is 2.07. The number of aromatic nitrogens is 4. The van der Waals surface area contributed by atoms with Gasteiger partial charge in [-0.2, -0.15) is 0 Å². The normalized spacial score (nSPS) is 11.8. The van der Waals surface area contributed by atoms with Crippen molar-refractivity contribution in [1.82, 2.24) is 20.2 Å². The van der Waals surface area contributed by atoms with Gasteiger partial charge >= 0.3 is 0 Å². The zero-order valence-corrected chi connectivity index (χ0v) is 10.1. The summed E-state index contributed by atoms with van der Waals surface area (Å²) < 4.78 is 1.78. The molecule has 17 heavy (non-hydrogen) atoms. The lowest BCUT2D eigenvalue weighted by atomic mass is 10.1. The third-order valence-electron chi connectivity index (χ3n) is 2.74. The van der Waals surface area contributed by atoms with E-state index in [1.807, 2.05) is 32.1 Å². The first-order valence-corrected chi connectivity index (χ1v) is 5.59. The minimum atomic E-state index is 0.766. The molecule has 0 unspecified atom stereocenters. The average molecular weight is 227 g/mol. The van der Waals surface area contributed by atoms with Gasteiger partial charge in [-0.3, -0.25) is 0 Å². The van der Waals surface area contributed by atoms with Crippen LogP contribution in [0.5, 0.6) is 0 Å². The lowest BCUT2D eigenvalue weighted by Crippen LogP contribution is -1.99. The molecule has 4 heteroatoms. The monoisotopic (exact) mass is 227 g/mol. The van der Waals surface area contributed by atoms with Crippen LogP contribution in [0, 0.1) is 6.92 Å². The SMILES string of the molecule is [CH2]C=C(C)c1ccc(-c2nnnn2CC)cc1. The van der Waals surface area contributed by atoms with Crippen molar-refractivity contribution in [1.29, 1.82) is 0 Å². The molecule has 2 rings (SSSR count). The summed E-state index contributed by atoms with van der Waals surface area (Å²) in [6.07, 6.45) is 1.85. The van der Waals surface area contributed by atoms with Crippen LogP contribution in [-0.2, 0) is 6.54 Å². The Morgan fingerprint density at radius 1 is 1.35 bits per heavy atom. The molecule has 0 saturated heterocycles. The summed E-state index contributed by atoms with van der Waals surface area (Å²) in [4.78, 5) is 0. The van der Waals surface area contributed by atoms with E-state index >= 15 is 0 Å². The Hall–Kier alpha value is -1.97. The van der Waals surface area contributed by atoms with E-state index < -0.39 is 0 Å². The summed E-state index contributed by atoms with van der Waals surface area (Å²) in [7, 11) is 0. The predicted octanol–water partition coefficient (Wildman–Crippen LogP) is 2.60. The number of nitrogens with zero attached hydrogens (tertiary/aromatic N) is 4. The van der Waals surface area contributed by atoms with Gasteiger partial charge in [0.15, 0.2) is 5.82 Å². The molecule has 0 amide bonds. The molecule has 0 atom stereocenters. The van der Waals surface area contributed by atoms with Crippen LogP contribution in [0.4, 0.5) is 0 Å². The molecule has 1 aromatic heterocycles. The predicted molar refractivity (Wildman–Crippen MR) is 67.9 cm³/mol. The number of rotatable bonds is 3. The lowest BCUT2D eigenvalue weighted by Gasteiger charge is -2.04. The van der Waals surface area contributed by atoms with Gasteiger partial charge < -0.3 is 0 Å². The Balaban J connectivity index is 2.36. The van der Waals surface area contributed by atoms with Crippen molar-refractivity contribution in [2.75, 3.05) is 0 Å². The quantitative estimate of drug-likeness (QED) is 0.809. The molecule has 2 aromatic rings. The second-order valence-electron chi connectivity index (χ2n) is 3.78. The van der Waals surface area contributed by atoms with Crippen molar-refractivity contribution in [3.63, 3.8) is 0 Å². The van der Waals surface area contributed by atoms with Crippen molar-refractivity contribution in [2.24, 2.45) is 0 Å². The summed E-state index contributed by atoms with van der Waals surface area (Å²) in [5.74, 6) is 0.801. The van der Waals surface area contributed by atoms with Gasteiger partial charge in [-0.15, -0.1) is 5.10 Å². The van der Waals surface area contributed by atoms with E-state index in [-0.39, 0.29) is 0 Å². The molecule has 0 N–H and O–H groups in total. The highest BCUT2D eigenvalue weighted by atomic mass is 15.5. The molecule has 0 fully saturated rings. The largest absolute Gasteiger partial charge is 0.226 e. The van der Waals surface area contributed by atoms with Gasteiger partial charge in [0.2, 0.25) is 0 Å². The zero-order chi connectivity index (χ0) is 12.3. The van der Waals surface area contributed by atoms with E-state index in [2.05, 4.69) is 34.6 Å². The maximum Gasteiger partial charge on any atom is 0.181 e. The number of hydrogen-bond acceptors (Lipinski definition) is 3. The highest BCUT2D eigenvalue weighted by molar-refractivity contribution is 5.67. The average Bonchev–Trinajstić information content (AvgIpc) is 2.86. The first kappa shape index (κ1) is 11.5. The van der Waals surface area contributed by atoms with Crippen molar-refractivity contribution < 1.29 is 0 Å². The van der Waals surface area contributed by atoms with Crippen LogP contribution < -0.4 is 0 Å². The molecule has 4 nitrogen and oxygen atoms in total. The molecule has 0 saturated carbocycles. The molecule has 0 spiro atoms. The van der Waals surface area contributed by atoms with E-state index in [4.69, 9.17) is 0 Å². The van der Waals surface area contributed by atoms with E-state index in [1.54, 1.807) is 4.68 Å². The first-order chi connectivity index (χ1) is 8.26. The Morgan fingerprint density at radius 3 is 2.65 bits per heavy atom. The van der Waals surface area contributed by atoms with Crippen molar-refractivity contribution in [3.05, 3.63) is 42.8 Å². The fourth-order valence-corrected chi connectivity index (χ4v) is 1.62. The van der Waals surface area contributed by atoms with Crippen molar-refractivity contribution in [3.8, 4) is 11.4 Å². The maximum absolute atomic E-state index is 4.03. The number of benzene rings is 1. The number of hydrogen-bond donors (Lipinski definition) is 0. The molecular formula is C13H15N4. The third-order valence-corrected chi connectivity index (χ3v) is 2.74. The Bertz CT molecular complexity index is 523. The smallest absolute Gasteiger partial charge is 0.181 e. The van der Waals surface area contributed by atoms with Crippen LogP contribution in [0.15, 0.2) is 30.3 Å².